The molecule has 3 nitrogen and oxygen atoms in total. The van der Waals surface area contributed by atoms with Crippen LogP contribution >= 0.6 is 0 Å². The molecular formula is C13H20N2O. The molecule has 0 spiro atoms. The van der Waals surface area contributed by atoms with Crippen LogP contribution in [0.1, 0.15) is 18.9 Å². The van der Waals surface area contributed by atoms with Crippen LogP contribution in [-0.2, 0) is 4.79 Å². The highest BCUT2D eigenvalue weighted by atomic mass is 16.2. The van der Waals surface area contributed by atoms with Gasteiger partial charge in [-0.2, -0.15) is 0 Å². The maximum atomic E-state index is 12.0. The van der Waals surface area contributed by atoms with Crippen LogP contribution in [0.25, 0.3) is 0 Å². The van der Waals surface area contributed by atoms with Crippen molar-refractivity contribution in [3.8, 4) is 0 Å². The van der Waals surface area contributed by atoms with Crippen molar-refractivity contribution in [3.05, 3.63) is 29.8 Å². The quantitative estimate of drug-likeness (QED) is 0.822. The van der Waals surface area contributed by atoms with Gasteiger partial charge in [0.15, 0.2) is 0 Å². The highest BCUT2D eigenvalue weighted by Gasteiger charge is 2.14. The molecular weight excluding hydrogens is 200 g/mol. The summed E-state index contributed by atoms with van der Waals surface area (Å²) in [7, 11) is 1.86. The van der Waals surface area contributed by atoms with Crippen LogP contribution in [0.15, 0.2) is 24.3 Å². The molecule has 16 heavy (non-hydrogen) atoms. The average Bonchev–Trinajstić information content (AvgIpc) is 2.30. The Morgan fingerprint density at radius 2 is 2.06 bits per heavy atom. The molecule has 1 rings (SSSR count). The number of rotatable bonds is 5. The van der Waals surface area contributed by atoms with Gasteiger partial charge in [-0.25, -0.2) is 0 Å². The summed E-state index contributed by atoms with van der Waals surface area (Å²) in [6.45, 7) is 5.47. The average molecular weight is 220 g/mol. The van der Waals surface area contributed by atoms with Crippen LogP contribution in [0.2, 0.25) is 0 Å². The molecule has 0 saturated carbocycles. The Labute approximate surface area is 97.5 Å². The predicted octanol–water partition coefficient (Wildman–Crippen LogP) is 1.96. The summed E-state index contributed by atoms with van der Waals surface area (Å²) in [4.78, 5) is 13.8. The summed E-state index contributed by atoms with van der Waals surface area (Å²) in [5.74, 6) is 0.172. The van der Waals surface area contributed by atoms with E-state index in [2.05, 4.69) is 5.32 Å². The number of aryl methyl sites for hydroxylation is 1. The molecule has 0 heterocycles. The molecule has 0 unspecified atom stereocenters. The highest BCUT2D eigenvalue weighted by molar-refractivity contribution is 5.94. The van der Waals surface area contributed by atoms with E-state index in [0.717, 1.165) is 17.8 Å². The molecule has 0 bridgehead atoms. The minimum absolute atomic E-state index is 0.172. The van der Waals surface area contributed by atoms with Gasteiger partial charge >= 0.3 is 0 Å². The van der Waals surface area contributed by atoms with Gasteiger partial charge in [-0.05, 0) is 32.5 Å². The topological polar surface area (TPSA) is 32.3 Å². The number of nitrogens with one attached hydrogen (secondary N) is 1. The van der Waals surface area contributed by atoms with E-state index in [0.29, 0.717) is 13.0 Å². The van der Waals surface area contributed by atoms with Crippen LogP contribution in [0.4, 0.5) is 5.69 Å². The fraction of sp³-hybridized carbons (Fsp3) is 0.462. The second-order valence-corrected chi connectivity index (χ2v) is 3.78. The van der Waals surface area contributed by atoms with Gasteiger partial charge < -0.3 is 10.2 Å². The summed E-state index contributed by atoms with van der Waals surface area (Å²) >= 11 is 0. The van der Waals surface area contributed by atoms with Crippen molar-refractivity contribution in [2.24, 2.45) is 0 Å². The first-order chi connectivity index (χ1) is 7.70. The molecule has 1 amide bonds. The van der Waals surface area contributed by atoms with Crippen LogP contribution in [0, 0.1) is 6.92 Å². The Balaban J connectivity index is 2.82. The second kappa shape index (κ2) is 6.28. The van der Waals surface area contributed by atoms with E-state index in [-0.39, 0.29) is 5.91 Å². The van der Waals surface area contributed by atoms with E-state index in [1.54, 1.807) is 0 Å². The number of amides is 1. The van der Waals surface area contributed by atoms with Gasteiger partial charge in [-0.15, -0.1) is 0 Å². The molecule has 3 heteroatoms. The maximum Gasteiger partial charge on any atom is 0.228 e. The number of para-hydroxylation sites is 1. The lowest BCUT2D eigenvalue weighted by Crippen LogP contribution is -2.33. The first-order valence-corrected chi connectivity index (χ1v) is 5.71. The molecule has 0 aliphatic rings. The third-order valence-electron chi connectivity index (χ3n) is 2.61. The maximum absolute atomic E-state index is 12.0. The van der Waals surface area contributed by atoms with Crippen LogP contribution in [0.5, 0.6) is 0 Å². The smallest absolute Gasteiger partial charge is 0.228 e. The lowest BCUT2D eigenvalue weighted by Gasteiger charge is -2.22. The number of carbonyl (C=O) groups excluding carboxylic acids is 1. The lowest BCUT2D eigenvalue weighted by atomic mass is 10.1. The van der Waals surface area contributed by atoms with Crippen molar-refractivity contribution in [3.63, 3.8) is 0 Å². The third kappa shape index (κ3) is 3.07. The molecule has 0 saturated heterocycles. The first kappa shape index (κ1) is 12.7. The van der Waals surface area contributed by atoms with E-state index >= 15 is 0 Å². The van der Waals surface area contributed by atoms with E-state index in [1.807, 2.05) is 50.1 Å². The van der Waals surface area contributed by atoms with E-state index in [9.17, 15) is 4.79 Å². The van der Waals surface area contributed by atoms with Gasteiger partial charge in [-0.1, -0.05) is 18.2 Å². The van der Waals surface area contributed by atoms with Crippen molar-refractivity contribution in [1.82, 2.24) is 5.32 Å². The van der Waals surface area contributed by atoms with Crippen LogP contribution < -0.4 is 10.2 Å². The van der Waals surface area contributed by atoms with E-state index in [1.165, 1.54) is 0 Å². The SMILES string of the molecule is CCN(C(=O)CCNC)c1ccccc1C. The fourth-order valence-electron chi connectivity index (χ4n) is 1.71. The van der Waals surface area contributed by atoms with Crippen molar-refractivity contribution in [2.75, 3.05) is 25.0 Å². The van der Waals surface area contributed by atoms with Gasteiger partial charge in [0.1, 0.15) is 0 Å². The zero-order chi connectivity index (χ0) is 12.0. The summed E-state index contributed by atoms with van der Waals surface area (Å²) in [5.41, 5.74) is 2.16. The molecule has 1 N–H and O–H groups in total. The molecule has 0 atom stereocenters. The minimum atomic E-state index is 0.172. The largest absolute Gasteiger partial charge is 0.319 e. The second-order valence-electron chi connectivity index (χ2n) is 3.78. The molecule has 0 aromatic heterocycles. The molecule has 0 fully saturated rings. The number of carbonyl (C=O) groups is 1. The Morgan fingerprint density at radius 1 is 1.38 bits per heavy atom. The van der Waals surface area contributed by atoms with Gasteiger partial charge in [0.2, 0.25) is 5.91 Å². The summed E-state index contributed by atoms with van der Waals surface area (Å²) in [5, 5.41) is 3.00. The Kier molecular flexibility index (Phi) is 4.99. The molecule has 0 radical (unpaired) electrons. The van der Waals surface area contributed by atoms with E-state index in [4.69, 9.17) is 0 Å². The van der Waals surface area contributed by atoms with Gasteiger partial charge in [0.25, 0.3) is 0 Å². The zero-order valence-electron chi connectivity index (χ0n) is 10.3. The van der Waals surface area contributed by atoms with Crippen molar-refractivity contribution < 1.29 is 4.79 Å². The number of hydrogen-bond donors (Lipinski definition) is 1. The molecule has 1 aromatic rings. The van der Waals surface area contributed by atoms with Crippen molar-refractivity contribution >= 4 is 11.6 Å². The molecule has 0 aliphatic carbocycles. The molecule has 88 valence electrons. The Hall–Kier alpha value is -1.35. The highest BCUT2D eigenvalue weighted by Crippen LogP contribution is 2.19. The standard InChI is InChI=1S/C13H20N2O/c1-4-15(13(16)9-10-14-3)12-8-6-5-7-11(12)2/h5-8,14H,4,9-10H2,1-3H3. The van der Waals surface area contributed by atoms with Crippen molar-refractivity contribution in [2.45, 2.75) is 20.3 Å². The zero-order valence-corrected chi connectivity index (χ0v) is 10.3. The Bertz CT molecular complexity index is 350. The van der Waals surface area contributed by atoms with Gasteiger partial charge in [0.05, 0.1) is 0 Å². The summed E-state index contributed by atoms with van der Waals surface area (Å²) < 4.78 is 0. The molecule has 0 aliphatic heterocycles. The molecule has 1 aromatic carbocycles. The minimum Gasteiger partial charge on any atom is -0.319 e. The first-order valence-electron chi connectivity index (χ1n) is 5.71. The predicted molar refractivity (Wildman–Crippen MR) is 67.7 cm³/mol. The van der Waals surface area contributed by atoms with Crippen LogP contribution in [0.3, 0.4) is 0 Å². The number of benzene rings is 1. The lowest BCUT2D eigenvalue weighted by molar-refractivity contribution is -0.118. The number of hydrogen-bond acceptors (Lipinski definition) is 2. The normalized spacial score (nSPS) is 10.2. The monoisotopic (exact) mass is 220 g/mol. The van der Waals surface area contributed by atoms with Crippen molar-refractivity contribution in [1.29, 1.82) is 0 Å². The summed E-state index contributed by atoms with van der Waals surface area (Å²) in [6, 6.07) is 7.99. The Morgan fingerprint density at radius 3 is 2.62 bits per heavy atom. The summed E-state index contributed by atoms with van der Waals surface area (Å²) in [6.07, 6.45) is 0.540. The number of nitrogens with zero attached hydrogens (tertiary/aromatic N) is 1. The van der Waals surface area contributed by atoms with Gasteiger partial charge in [0, 0.05) is 25.2 Å². The van der Waals surface area contributed by atoms with Gasteiger partial charge in [-0.3, -0.25) is 4.79 Å². The fourth-order valence-corrected chi connectivity index (χ4v) is 1.71. The van der Waals surface area contributed by atoms with E-state index < -0.39 is 0 Å². The van der Waals surface area contributed by atoms with Crippen LogP contribution in [-0.4, -0.2) is 26.0 Å². The number of anilines is 1. The third-order valence-corrected chi connectivity index (χ3v) is 2.61.